The molecule has 3 aromatic rings. The maximum atomic E-state index is 13.7. The predicted molar refractivity (Wildman–Crippen MR) is 151 cm³/mol. The van der Waals surface area contributed by atoms with Crippen molar-refractivity contribution >= 4 is 35.2 Å². The molecule has 36 heavy (non-hydrogen) atoms. The molecule has 0 fully saturated rings. The van der Waals surface area contributed by atoms with Crippen LogP contribution >= 0.6 is 23.4 Å². The fraction of sp³-hybridized carbons (Fsp3) is 0.333. The summed E-state index contributed by atoms with van der Waals surface area (Å²) in [6.07, 6.45) is 0.434. The van der Waals surface area contributed by atoms with Gasteiger partial charge in [-0.15, -0.1) is 11.8 Å². The predicted octanol–water partition coefficient (Wildman–Crippen LogP) is 6.29. The van der Waals surface area contributed by atoms with Gasteiger partial charge in [-0.25, -0.2) is 0 Å². The van der Waals surface area contributed by atoms with Crippen molar-refractivity contribution in [2.24, 2.45) is 5.92 Å². The van der Waals surface area contributed by atoms with Crippen LogP contribution in [0.25, 0.3) is 0 Å². The summed E-state index contributed by atoms with van der Waals surface area (Å²) in [4.78, 5) is 28.9. The van der Waals surface area contributed by atoms with Crippen molar-refractivity contribution in [1.82, 2.24) is 10.2 Å². The number of benzene rings is 3. The maximum Gasteiger partial charge on any atom is 0.243 e. The van der Waals surface area contributed by atoms with Crippen LogP contribution in [0.2, 0.25) is 5.02 Å². The number of nitrogens with zero attached hydrogens (tertiary/aromatic N) is 1. The first kappa shape index (κ1) is 27.8. The molecular formula is C30H35ClN2O2S. The molecule has 0 aromatic heterocycles. The summed E-state index contributed by atoms with van der Waals surface area (Å²) >= 11 is 8.05. The van der Waals surface area contributed by atoms with Gasteiger partial charge in [0, 0.05) is 30.3 Å². The number of hydrogen-bond acceptors (Lipinski definition) is 3. The summed E-state index contributed by atoms with van der Waals surface area (Å²) in [5, 5.41) is 3.64. The lowest BCUT2D eigenvalue weighted by Gasteiger charge is -2.32. The van der Waals surface area contributed by atoms with Gasteiger partial charge >= 0.3 is 0 Å². The molecule has 0 spiro atoms. The highest BCUT2D eigenvalue weighted by atomic mass is 35.5. The van der Waals surface area contributed by atoms with Gasteiger partial charge in [0.2, 0.25) is 11.8 Å². The molecule has 0 radical (unpaired) electrons. The van der Waals surface area contributed by atoms with E-state index in [0.29, 0.717) is 23.9 Å². The first-order valence-corrected chi connectivity index (χ1v) is 13.8. The fourth-order valence-corrected chi connectivity index (χ4v) is 5.07. The first-order valence-electron chi connectivity index (χ1n) is 12.3. The van der Waals surface area contributed by atoms with Crippen LogP contribution in [-0.2, 0) is 28.3 Å². The van der Waals surface area contributed by atoms with Crippen molar-refractivity contribution in [3.8, 4) is 0 Å². The van der Waals surface area contributed by atoms with Gasteiger partial charge in [0.15, 0.2) is 0 Å². The number of hydrogen-bond donors (Lipinski definition) is 1. The Morgan fingerprint density at radius 3 is 2.22 bits per heavy atom. The Morgan fingerprint density at radius 2 is 1.56 bits per heavy atom. The standard InChI is InChI=1S/C30H35ClN2O2S/c1-22(2)18-32-30(35)28(17-24-12-5-4-6-13-24)33(19-25-14-9-10-16-27(25)31)29(34)21-36-20-26-15-8-7-11-23(26)3/h4-16,22,28H,17-21H2,1-3H3,(H,32,35)/t28-/m1/s1. The van der Waals surface area contributed by atoms with Crippen LogP contribution < -0.4 is 5.32 Å². The van der Waals surface area contributed by atoms with Crippen molar-refractivity contribution in [3.05, 3.63) is 106 Å². The van der Waals surface area contributed by atoms with E-state index < -0.39 is 6.04 Å². The number of carbonyl (C=O) groups is 2. The van der Waals surface area contributed by atoms with Gasteiger partial charge in [0.05, 0.1) is 5.75 Å². The molecule has 3 rings (SSSR count). The van der Waals surface area contributed by atoms with Crippen molar-refractivity contribution in [2.45, 2.75) is 45.5 Å². The average molecular weight is 523 g/mol. The number of amides is 2. The third kappa shape index (κ3) is 8.42. The Labute approximate surface area is 224 Å². The van der Waals surface area contributed by atoms with Gasteiger partial charge in [-0.1, -0.05) is 98.2 Å². The molecule has 0 aliphatic heterocycles. The second-order valence-corrected chi connectivity index (χ2v) is 10.8. The average Bonchev–Trinajstić information content (AvgIpc) is 2.87. The highest BCUT2D eigenvalue weighted by Crippen LogP contribution is 2.22. The Kier molecular flexibility index (Phi) is 10.9. The van der Waals surface area contributed by atoms with Gasteiger partial charge in [0.1, 0.15) is 6.04 Å². The van der Waals surface area contributed by atoms with Crippen LogP contribution in [0.4, 0.5) is 0 Å². The van der Waals surface area contributed by atoms with E-state index in [-0.39, 0.29) is 24.1 Å². The zero-order chi connectivity index (χ0) is 25.9. The highest BCUT2D eigenvalue weighted by molar-refractivity contribution is 7.99. The minimum absolute atomic E-state index is 0.0749. The van der Waals surface area contributed by atoms with Gasteiger partial charge < -0.3 is 10.2 Å². The molecule has 0 aliphatic rings. The lowest BCUT2D eigenvalue weighted by Crippen LogP contribution is -2.51. The zero-order valence-corrected chi connectivity index (χ0v) is 22.8. The van der Waals surface area contributed by atoms with E-state index in [1.165, 1.54) is 11.1 Å². The van der Waals surface area contributed by atoms with Crippen LogP contribution in [0, 0.1) is 12.8 Å². The molecule has 2 amide bonds. The molecule has 0 heterocycles. The van der Waals surface area contributed by atoms with Gasteiger partial charge in [-0.05, 0) is 41.2 Å². The second-order valence-electron chi connectivity index (χ2n) is 9.38. The Hall–Kier alpha value is -2.76. The van der Waals surface area contributed by atoms with Gasteiger partial charge in [-0.3, -0.25) is 9.59 Å². The van der Waals surface area contributed by atoms with E-state index in [0.717, 1.165) is 16.9 Å². The zero-order valence-electron chi connectivity index (χ0n) is 21.2. The maximum absolute atomic E-state index is 13.7. The van der Waals surface area contributed by atoms with Crippen LogP contribution in [0.15, 0.2) is 78.9 Å². The minimum atomic E-state index is -0.644. The number of rotatable bonds is 12. The van der Waals surface area contributed by atoms with Crippen LogP contribution in [0.1, 0.15) is 36.1 Å². The topological polar surface area (TPSA) is 49.4 Å². The van der Waals surface area contributed by atoms with E-state index in [4.69, 9.17) is 11.6 Å². The Bertz CT molecular complexity index is 1140. The van der Waals surface area contributed by atoms with Crippen molar-refractivity contribution in [1.29, 1.82) is 0 Å². The normalized spacial score (nSPS) is 11.8. The summed E-state index contributed by atoms with van der Waals surface area (Å²) in [6, 6.07) is 24.9. The summed E-state index contributed by atoms with van der Waals surface area (Å²) < 4.78 is 0. The monoisotopic (exact) mass is 522 g/mol. The molecule has 1 atom stereocenters. The molecule has 190 valence electrons. The quantitative estimate of drug-likeness (QED) is 0.304. The second kappa shape index (κ2) is 14.1. The van der Waals surface area contributed by atoms with E-state index in [9.17, 15) is 9.59 Å². The van der Waals surface area contributed by atoms with Gasteiger partial charge in [-0.2, -0.15) is 0 Å². The van der Waals surface area contributed by atoms with Crippen molar-refractivity contribution < 1.29 is 9.59 Å². The van der Waals surface area contributed by atoms with Crippen LogP contribution in [-0.4, -0.2) is 35.1 Å². The molecule has 0 unspecified atom stereocenters. The molecule has 0 saturated heterocycles. The largest absolute Gasteiger partial charge is 0.354 e. The van der Waals surface area contributed by atoms with Crippen LogP contribution in [0.5, 0.6) is 0 Å². The smallest absolute Gasteiger partial charge is 0.243 e. The number of nitrogens with one attached hydrogen (secondary N) is 1. The molecule has 6 heteroatoms. The van der Waals surface area contributed by atoms with E-state index >= 15 is 0 Å². The van der Waals surface area contributed by atoms with Gasteiger partial charge in [0.25, 0.3) is 0 Å². The molecular weight excluding hydrogens is 488 g/mol. The third-order valence-corrected chi connectivity index (χ3v) is 7.33. The lowest BCUT2D eigenvalue weighted by molar-refractivity contribution is -0.139. The Morgan fingerprint density at radius 1 is 0.917 bits per heavy atom. The highest BCUT2D eigenvalue weighted by Gasteiger charge is 2.30. The van der Waals surface area contributed by atoms with Crippen LogP contribution in [0.3, 0.4) is 0 Å². The summed E-state index contributed by atoms with van der Waals surface area (Å²) in [7, 11) is 0. The molecule has 4 nitrogen and oxygen atoms in total. The lowest BCUT2D eigenvalue weighted by atomic mass is 10.0. The molecule has 3 aromatic carbocycles. The number of halogens is 1. The number of aryl methyl sites for hydroxylation is 1. The number of carbonyl (C=O) groups excluding carboxylic acids is 2. The van der Waals surface area contributed by atoms with Crippen molar-refractivity contribution in [2.75, 3.05) is 12.3 Å². The fourth-order valence-electron chi connectivity index (χ4n) is 3.89. The number of thioether (sulfide) groups is 1. The molecule has 0 bridgehead atoms. The van der Waals surface area contributed by atoms with E-state index in [1.807, 2.05) is 66.7 Å². The summed E-state index contributed by atoms with van der Waals surface area (Å²) in [6.45, 7) is 7.02. The summed E-state index contributed by atoms with van der Waals surface area (Å²) in [5.41, 5.74) is 4.25. The molecule has 1 N–H and O–H groups in total. The molecule has 0 saturated carbocycles. The third-order valence-electron chi connectivity index (χ3n) is 6.00. The first-order chi connectivity index (χ1) is 17.3. The summed E-state index contributed by atoms with van der Waals surface area (Å²) in [5.74, 6) is 1.11. The molecule has 0 aliphatic carbocycles. The Balaban J connectivity index is 1.86. The van der Waals surface area contributed by atoms with E-state index in [1.54, 1.807) is 16.7 Å². The minimum Gasteiger partial charge on any atom is -0.354 e. The SMILES string of the molecule is Cc1ccccc1CSCC(=O)N(Cc1ccccc1Cl)[C@H](Cc1ccccc1)C(=O)NCC(C)C. The van der Waals surface area contributed by atoms with E-state index in [2.05, 4.69) is 38.2 Å². The van der Waals surface area contributed by atoms with Crippen molar-refractivity contribution in [3.63, 3.8) is 0 Å².